The summed E-state index contributed by atoms with van der Waals surface area (Å²) in [5, 5.41) is 0. The predicted molar refractivity (Wildman–Crippen MR) is 95.4 cm³/mol. The Bertz CT molecular complexity index is 892. The topological polar surface area (TPSA) is 34.1 Å². The Hall–Kier alpha value is -0.950. The molecule has 0 aromatic heterocycles. The van der Waals surface area contributed by atoms with E-state index >= 15 is 0 Å². The van der Waals surface area contributed by atoms with Crippen molar-refractivity contribution in [3.63, 3.8) is 0 Å². The molecule has 23 heavy (non-hydrogen) atoms. The predicted octanol–water partition coefficient (Wildman–Crippen LogP) is 4.31. The van der Waals surface area contributed by atoms with Crippen molar-refractivity contribution in [3.8, 4) is 0 Å². The monoisotopic (exact) mass is 442 g/mol. The van der Waals surface area contributed by atoms with Crippen LogP contribution in [-0.2, 0) is 21.0 Å². The molecule has 0 heterocycles. The van der Waals surface area contributed by atoms with Crippen LogP contribution in [0.15, 0.2) is 47.4 Å². The molecule has 2 aliphatic rings. The fourth-order valence-electron chi connectivity index (χ4n) is 4.38. The molecular formula is C18H16FIO2S. The van der Waals surface area contributed by atoms with Crippen molar-refractivity contribution in [3.05, 3.63) is 63.0 Å². The van der Waals surface area contributed by atoms with Gasteiger partial charge in [-0.1, -0.05) is 13.0 Å². The summed E-state index contributed by atoms with van der Waals surface area (Å²) in [7, 11) is -3.55. The molecule has 1 fully saturated rings. The first-order chi connectivity index (χ1) is 10.9. The highest BCUT2D eigenvalue weighted by molar-refractivity contribution is 14.1. The van der Waals surface area contributed by atoms with Gasteiger partial charge < -0.3 is 0 Å². The Balaban J connectivity index is 1.93. The van der Waals surface area contributed by atoms with Crippen LogP contribution in [0.4, 0.5) is 4.39 Å². The molecule has 0 bridgehead atoms. The molecule has 1 saturated carbocycles. The average Bonchev–Trinajstić information content (AvgIpc) is 3.14. The summed E-state index contributed by atoms with van der Waals surface area (Å²) in [6.07, 6.45) is 1.83. The fourth-order valence-corrected chi connectivity index (χ4v) is 7.62. The van der Waals surface area contributed by atoms with Crippen molar-refractivity contribution in [2.75, 3.05) is 0 Å². The summed E-state index contributed by atoms with van der Waals surface area (Å²) in [5.74, 6) is -0.163. The van der Waals surface area contributed by atoms with Gasteiger partial charge in [0.05, 0.1) is 4.90 Å². The maximum Gasteiger partial charge on any atom is 0.188 e. The molecule has 0 aliphatic heterocycles. The third-order valence-corrected chi connectivity index (χ3v) is 8.85. The first kappa shape index (κ1) is 15.6. The van der Waals surface area contributed by atoms with E-state index in [2.05, 4.69) is 28.7 Å². The van der Waals surface area contributed by atoms with E-state index in [4.69, 9.17) is 0 Å². The third-order valence-electron chi connectivity index (χ3n) is 5.50. The molecular weight excluding hydrogens is 426 g/mol. The quantitative estimate of drug-likeness (QED) is 0.513. The van der Waals surface area contributed by atoms with Crippen LogP contribution in [0.25, 0.3) is 0 Å². The number of hydrogen-bond donors (Lipinski definition) is 0. The number of halogens is 2. The number of rotatable bonds is 2. The minimum atomic E-state index is -3.55. The van der Waals surface area contributed by atoms with E-state index in [1.807, 2.05) is 19.1 Å². The van der Waals surface area contributed by atoms with Crippen LogP contribution < -0.4 is 0 Å². The molecule has 3 unspecified atom stereocenters. The minimum Gasteiger partial charge on any atom is -0.223 e. The van der Waals surface area contributed by atoms with Gasteiger partial charge in [-0.25, -0.2) is 12.8 Å². The van der Waals surface area contributed by atoms with E-state index in [0.29, 0.717) is 0 Å². The highest BCUT2D eigenvalue weighted by Gasteiger charge is 2.72. The lowest BCUT2D eigenvalue weighted by Gasteiger charge is -2.26. The molecule has 0 saturated heterocycles. The van der Waals surface area contributed by atoms with Crippen LogP contribution in [0.1, 0.15) is 24.5 Å². The smallest absolute Gasteiger partial charge is 0.188 e. The second-order valence-corrected chi connectivity index (χ2v) is 9.89. The first-order valence-electron chi connectivity index (χ1n) is 7.68. The summed E-state index contributed by atoms with van der Waals surface area (Å²) in [5.41, 5.74) is 2.09. The number of benzene rings is 2. The van der Waals surface area contributed by atoms with Gasteiger partial charge >= 0.3 is 0 Å². The van der Waals surface area contributed by atoms with Crippen molar-refractivity contribution < 1.29 is 12.8 Å². The van der Waals surface area contributed by atoms with E-state index in [1.54, 1.807) is 0 Å². The standard InChI is InChI=1S/C18H16FIO2S/c1-11-16-8-2-12-10-14(20)5-9-17(12)18(11,16)23(21,22)15-6-3-13(19)4-7-15/h3-7,9-11,16H,2,8H2,1H3. The zero-order valence-electron chi connectivity index (χ0n) is 12.6. The van der Waals surface area contributed by atoms with Gasteiger partial charge in [-0.15, -0.1) is 0 Å². The van der Waals surface area contributed by atoms with Crippen molar-refractivity contribution in [2.24, 2.45) is 11.8 Å². The van der Waals surface area contributed by atoms with Crippen LogP contribution in [-0.4, -0.2) is 8.42 Å². The largest absolute Gasteiger partial charge is 0.223 e. The maximum absolute atomic E-state index is 13.4. The molecule has 2 nitrogen and oxygen atoms in total. The molecule has 3 atom stereocenters. The Morgan fingerprint density at radius 3 is 2.57 bits per heavy atom. The lowest BCUT2D eigenvalue weighted by Crippen LogP contribution is -2.29. The molecule has 0 spiro atoms. The van der Waals surface area contributed by atoms with Crippen molar-refractivity contribution in [1.82, 2.24) is 0 Å². The normalized spacial score (nSPS) is 28.8. The number of aryl methyl sites for hydroxylation is 1. The second kappa shape index (κ2) is 5.02. The number of sulfone groups is 1. The van der Waals surface area contributed by atoms with Gasteiger partial charge in [0.2, 0.25) is 0 Å². The van der Waals surface area contributed by atoms with Crippen molar-refractivity contribution in [2.45, 2.75) is 29.4 Å². The fraction of sp³-hybridized carbons (Fsp3) is 0.333. The van der Waals surface area contributed by atoms with Crippen LogP contribution in [0, 0.1) is 21.2 Å². The van der Waals surface area contributed by atoms with Crippen LogP contribution in [0.3, 0.4) is 0 Å². The van der Waals surface area contributed by atoms with Gasteiger partial charge in [0.1, 0.15) is 10.6 Å². The van der Waals surface area contributed by atoms with E-state index in [-0.39, 0.29) is 16.7 Å². The molecule has 2 aromatic rings. The zero-order valence-corrected chi connectivity index (χ0v) is 15.6. The molecule has 0 N–H and O–H groups in total. The third kappa shape index (κ3) is 1.98. The lowest BCUT2D eigenvalue weighted by molar-refractivity contribution is 0.553. The Morgan fingerprint density at radius 2 is 1.87 bits per heavy atom. The zero-order chi connectivity index (χ0) is 16.4. The molecule has 0 radical (unpaired) electrons. The summed E-state index contributed by atoms with van der Waals surface area (Å²) in [4.78, 5) is 0.222. The number of hydrogen-bond acceptors (Lipinski definition) is 2. The highest BCUT2D eigenvalue weighted by atomic mass is 127. The maximum atomic E-state index is 13.4. The van der Waals surface area contributed by atoms with E-state index in [0.717, 1.165) is 27.5 Å². The van der Waals surface area contributed by atoms with Crippen LogP contribution in [0.2, 0.25) is 0 Å². The second-order valence-electron chi connectivity index (χ2n) is 6.49. The highest BCUT2D eigenvalue weighted by Crippen LogP contribution is 2.69. The van der Waals surface area contributed by atoms with Crippen molar-refractivity contribution >= 4 is 32.4 Å². The SMILES string of the molecule is CC1C2CCc3cc(I)ccc3C12S(=O)(=O)c1ccc(F)cc1. The minimum absolute atomic E-state index is 0.0962. The number of fused-ring (bicyclic) bond motifs is 3. The molecule has 5 heteroatoms. The van der Waals surface area contributed by atoms with Crippen molar-refractivity contribution in [1.29, 1.82) is 0 Å². The van der Waals surface area contributed by atoms with E-state index in [1.165, 1.54) is 24.3 Å². The van der Waals surface area contributed by atoms with Crippen LogP contribution >= 0.6 is 22.6 Å². The van der Waals surface area contributed by atoms with Gasteiger partial charge in [-0.05, 0) is 94.8 Å². The first-order valence-corrected chi connectivity index (χ1v) is 10.2. The Labute approximate surface area is 149 Å². The van der Waals surface area contributed by atoms with Gasteiger partial charge in [-0.3, -0.25) is 0 Å². The van der Waals surface area contributed by atoms with E-state index in [9.17, 15) is 12.8 Å². The molecule has 4 rings (SSSR count). The molecule has 0 amide bonds. The van der Waals surface area contributed by atoms with Gasteiger partial charge in [0, 0.05) is 3.57 Å². The lowest BCUT2D eigenvalue weighted by atomic mass is 9.91. The van der Waals surface area contributed by atoms with Gasteiger partial charge in [0.25, 0.3) is 0 Å². The molecule has 120 valence electrons. The molecule has 2 aliphatic carbocycles. The summed E-state index contributed by atoms with van der Waals surface area (Å²) >= 11 is 2.26. The van der Waals surface area contributed by atoms with E-state index < -0.39 is 20.4 Å². The summed E-state index contributed by atoms with van der Waals surface area (Å²) in [6, 6.07) is 11.3. The average molecular weight is 442 g/mol. The molecule has 2 aromatic carbocycles. The Morgan fingerprint density at radius 1 is 1.17 bits per heavy atom. The van der Waals surface area contributed by atoms with Crippen LogP contribution in [0.5, 0.6) is 0 Å². The van der Waals surface area contributed by atoms with Gasteiger partial charge in [0.15, 0.2) is 9.84 Å². The summed E-state index contributed by atoms with van der Waals surface area (Å²) in [6.45, 7) is 2.03. The summed E-state index contributed by atoms with van der Waals surface area (Å²) < 4.78 is 40.3. The van der Waals surface area contributed by atoms with Gasteiger partial charge in [-0.2, -0.15) is 0 Å². The Kier molecular flexibility index (Phi) is 3.40.